The van der Waals surface area contributed by atoms with Crippen molar-refractivity contribution in [3.63, 3.8) is 0 Å². The lowest BCUT2D eigenvalue weighted by molar-refractivity contribution is -0.131. The summed E-state index contributed by atoms with van der Waals surface area (Å²) in [5.74, 6) is -0.940. The van der Waals surface area contributed by atoms with Crippen molar-refractivity contribution < 1.29 is 24.2 Å². The van der Waals surface area contributed by atoms with Crippen molar-refractivity contribution in [1.82, 2.24) is 5.32 Å². The Kier molecular flexibility index (Phi) is 9.03. The van der Waals surface area contributed by atoms with Crippen molar-refractivity contribution in [2.45, 2.75) is 71.4 Å². The monoisotopic (exact) mass is 502 g/mol. The van der Waals surface area contributed by atoms with Crippen LogP contribution in [-0.2, 0) is 21.5 Å². The first-order chi connectivity index (χ1) is 16.5. The Morgan fingerprint density at radius 2 is 1.97 bits per heavy atom. The maximum atomic E-state index is 12.7. The number of piperidine rings is 1. The van der Waals surface area contributed by atoms with Crippen LogP contribution < -0.4 is 15.4 Å². The molecule has 0 amide bonds. The van der Waals surface area contributed by atoms with Crippen molar-refractivity contribution in [2.75, 3.05) is 18.5 Å². The van der Waals surface area contributed by atoms with Crippen molar-refractivity contribution in [1.29, 1.82) is 0 Å². The molecule has 2 aromatic rings. The average molecular weight is 503 g/mol. The quantitative estimate of drug-likeness (QED) is 0.320. The zero-order valence-electron chi connectivity index (χ0n) is 20.9. The Bertz CT molecular complexity index is 1060. The van der Waals surface area contributed by atoms with Gasteiger partial charge in [-0.15, -0.1) is 0 Å². The molecule has 1 fully saturated rings. The van der Waals surface area contributed by atoms with Crippen LogP contribution in [0.5, 0.6) is 11.5 Å². The lowest BCUT2D eigenvalue weighted by Gasteiger charge is -2.23. The molecule has 3 rings (SSSR count). The third kappa shape index (κ3) is 7.61. The van der Waals surface area contributed by atoms with Crippen LogP contribution in [0.2, 0.25) is 5.02 Å². The third-order valence-corrected chi connectivity index (χ3v) is 6.35. The Morgan fingerprint density at radius 3 is 2.63 bits per heavy atom. The molecule has 0 aliphatic carbocycles. The van der Waals surface area contributed by atoms with E-state index in [4.69, 9.17) is 21.1 Å². The van der Waals surface area contributed by atoms with Gasteiger partial charge in [-0.3, -0.25) is 4.79 Å². The van der Waals surface area contributed by atoms with E-state index in [1.54, 1.807) is 24.3 Å². The van der Waals surface area contributed by atoms with Crippen molar-refractivity contribution >= 4 is 29.2 Å². The topological polar surface area (TPSA) is 96.9 Å². The van der Waals surface area contributed by atoms with Crippen LogP contribution >= 0.6 is 11.6 Å². The summed E-state index contributed by atoms with van der Waals surface area (Å²) in [4.78, 5) is 24.4. The number of ether oxygens (including phenoxy) is 2. The fourth-order valence-electron chi connectivity index (χ4n) is 4.00. The molecular formula is C27H35ClN2O5. The number of nitrogens with one attached hydrogen (secondary N) is 2. The molecule has 190 valence electrons. The molecule has 0 spiro atoms. The second kappa shape index (κ2) is 11.8. The minimum absolute atomic E-state index is 0.0139. The van der Waals surface area contributed by atoms with Crippen molar-refractivity contribution in [2.24, 2.45) is 0 Å². The molecule has 2 aromatic carbocycles. The van der Waals surface area contributed by atoms with E-state index in [0.29, 0.717) is 23.9 Å². The van der Waals surface area contributed by atoms with Gasteiger partial charge in [0.05, 0.1) is 11.6 Å². The highest BCUT2D eigenvalue weighted by atomic mass is 35.5. The number of halogens is 1. The number of hydrogen-bond acceptors (Lipinski definition) is 7. The molecule has 0 saturated carbocycles. The molecule has 1 atom stereocenters. The number of esters is 2. The molecule has 7 nitrogen and oxygen atoms in total. The van der Waals surface area contributed by atoms with Crippen molar-refractivity contribution in [3.8, 4) is 11.5 Å². The number of carbonyl (C=O) groups excluding carboxylic acids is 2. The molecule has 1 heterocycles. The Balaban J connectivity index is 1.71. The van der Waals surface area contributed by atoms with Crippen LogP contribution in [0.15, 0.2) is 30.3 Å². The summed E-state index contributed by atoms with van der Waals surface area (Å²) in [6.45, 7) is 9.06. The first-order valence-electron chi connectivity index (χ1n) is 12.0. The Labute approximate surface area is 212 Å². The first kappa shape index (κ1) is 26.8. The van der Waals surface area contributed by atoms with Crippen molar-refractivity contribution in [3.05, 3.63) is 52.0 Å². The maximum Gasteiger partial charge on any atom is 0.341 e. The summed E-state index contributed by atoms with van der Waals surface area (Å²) in [6, 6.07) is 8.89. The number of anilines is 1. The van der Waals surface area contributed by atoms with E-state index in [0.717, 1.165) is 24.9 Å². The molecule has 0 radical (unpaired) electrons. The van der Waals surface area contributed by atoms with Crippen LogP contribution in [0.25, 0.3) is 0 Å². The fraction of sp³-hybridized carbons (Fsp3) is 0.481. The van der Waals surface area contributed by atoms with Gasteiger partial charge >= 0.3 is 11.9 Å². The molecule has 1 aliphatic rings. The van der Waals surface area contributed by atoms with E-state index in [2.05, 4.69) is 31.4 Å². The number of benzene rings is 2. The minimum Gasteiger partial charge on any atom is -0.506 e. The van der Waals surface area contributed by atoms with Gasteiger partial charge in [-0.1, -0.05) is 38.8 Å². The van der Waals surface area contributed by atoms with Gasteiger partial charge in [0.1, 0.15) is 17.1 Å². The Hall–Kier alpha value is -2.77. The van der Waals surface area contributed by atoms with E-state index in [1.165, 1.54) is 19.8 Å². The molecule has 8 heteroatoms. The van der Waals surface area contributed by atoms with Crippen LogP contribution in [0.1, 0.15) is 74.9 Å². The smallest absolute Gasteiger partial charge is 0.341 e. The largest absolute Gasteiger partial charge is 0.506 e. The molecule has 1 aliphatic heterocycles. The first-order valence-corrected chi connectivity index (χ1v) is 12.4. The Morgan fingerprint density at radius 1 is 1.20 bits per heavy atom. The summed E-state index contributed by atoms with van der Waals surface area (Å²) in [5.41, 5.74) is 2.29. The fourth-order valence-corrected chi connectivity index (χ4v) is 4.24. The zero-order chi connectivity index (χ0) is 25.6. The van der Waals surface area contributed by atoms with Gasteiger partial charge in [-0.2, -0.15) is 0 Å². The van der Waals surface area contributed by atoms with Crippen LogP contribution in [-0.4, -0.2) is 36.2 Å². The summed E-state index contributed by atoms with van der Waals surface area (Å²) in [6.07, 6.45) is 4.18. The highest BCUT2D eigenvalue weighted by Crippen LogP contribution is 2.35. The molecule has 1 unspecified atom stereocenters. The second-order valence-corrected chi connectivity index (χ2v) is 10.4. The molecular weight excluding hydrogens is 468 g/mol. The predicted octanol–water partition coefficient (Wildman–Crippen LogP) is 5.57. The van der Waals surface area contributed by atoms with E-state index in [-0.39, 0.29) is 34.0 Å². The van der Waals surface area contributed by atoms with Gasteiger partial charge in [-0.05, 0) is 61.1 Å². The number of rotatable bonds is 8. The molecule has 35 heavy (non-hydrogen) atoms. The number of hydrogen-bond donors (Lipinski definition) is 3. The van der Waals surface area contributed by atoms with Crippen LogP contribution in [0.3, 0.4) is 0 Å². The van der Waals surface area contributed by atoms with Crippen LogP contribution in [0, 0.1) is 0 Å². The maximum absolute atomic E-state index is 12.7. The van der Waals surface area contributed by atoms with Gasteiger partial charge in [0, 0.05) is 36.8 Å². The zero-order valence-corrected chi connectivity index (χ0v) is 21.6. The highest BCUT2D eigenvalue weighted by molar-refractivity contribution is 6.32. The van der Waals surface area contributed by atoms with E-state index >= 15 is 0 Å². The summed E-state index contributed by atoms with van der Waals surface area (Å²) >= 11 is 6.25. The predicted molar refractivity (Wildman–Crippen MR) is 137 cm³/mol. The summed E-state index contributed by atoms with van der Waals surface area (Å²) in [5, 5.41) is 17.3. The standard InChI is InChI=1S/C27H35ClN2O5/c1-17(31)35-24-15-21(30-16-18-13-19(27(2,3)4)14-23(28)25(18)32)8-9-22(24)26(33)34-12-10-20-7-5-6-11-29-20/h8-9,13-15,20,29-30,32H,5-7,10-12,16H2,1-4H3. The third-order valence-electron chi connectivity index (χ3n) is 6.06. The number of phenolic OH excluding ortho intramolecular Hbond substituents is 1. The molecule has 0 bridgehead atoms. The highest BCUT2D eigenvalue weighted by Gasteiger charge is 2.20. The summed E-state index contributed by atoms with van der Waals surface area (Å²) < 4.78 is 10.8. The summed E-state index contributed by atoms with van der Waals surface area (Å²) in [7, 11) is 0. The van der Waals surface area contributed by atoms with E-state index in [1.807, 2.05) is 6.07 Å². The van der Waals surface area contributed by atoms with Gasteiger partial charge < -0.3 is 25.2 Å². The van der Waals surface area contributed by atoms with Gasteiger partial charge in [0.2, 0.25) is 0 Å². The lowest BCUT2D eigenvalue weighted by Crippen LogP contribution is -2.35. The lowest BCUT2D eigenvalue weighted by atomic mass is 9.86. The van der Waals surface area contributed by atoms with E-state index < -0.39 is 11.9 Å². The minimum atomic E-state index is -0.537. The second-order valence-electron chi connectivity index (χ2n) is 9.95. The van der Waals surface area contributed by atoms with Crippen LogP contribution in [0.4, 0.5) is 5.69 Å². The molecule has 0 aromatic heterocycles. The number of carbonyl (C=O) groups is 2. The normalized spacial score (nSPS) is 16.0. The SMILES string of the molecule is CC(=O)Oc1cc(NCc2cc(C(C)(C)C)cc(Cl)c2O)ccc1C(=O)OCCC1CCCCN1. The molecule has 1 saturated heterocycles. The van der Waals surface area contributed by atoms with Gasteiger partial charge in [-0.25, -0.2) is 4.79 Å². The molecule has 3 N–H and O–H groups in total. The van der Waals surface area contributed by atoms with Gasteiger partial charge in [0.15, 0.2) is 0 Å². The average Bonchev–Trinajstić information content (AvgIpc) is 2.79. The number of aromatic hydroxyl groups is 1. The van der Waals surface area contributed by atoms with E-state index in [9.17, 15) is 14.7 Å². The van der Waals surface area contributed by atoms with Gasteiger partial charge in [0.25, 0.3) is 0 Å². The number of phenols is 1.